The van der Waals surface area contributed by atoms with Gasteiger partial charge in [-0.2, -0.15) is 5.26 Å². The zero-order chi connectivity index (χ0) is 13.3. The summed E-state index contributed by atoms with van der Waals surface area (Å²) in [5.74, 6) is 0.610. The van der Waals surface area contributed by atoms with Crippen molar-refractivity contribution in [1.29, 1.82) is 5.26 Å². The number of nitriles is 1. The lowest BCUT2D eigenvalue weighted by molar-refractivity contribution is -0.384. The van der Waals surface area contributed by atoms with E-state index >= 15 is 0 Å². The van der Waals surface area contributed by atoms with Crippen LogP contribution in [-0.4, -0.2) is 10.5 Å². The van der Waals surface area contributed by atoms with Gasteiger partial charge < -0.3 is 5.32 Å². The zero-order valence-corrected chi connectivity index (χ0v) is 10.4. The summed E-state index contributed by atoms with van der Waals surface area (Å²) in [6, 6.07) is 6.35. The van der Waals surface area contributed by atoms with Crippen LogP contribution in [0.5, 0.6) is 0 Å². The largest absolute Gasteiger partial charge is 0.379 e. The maximum Gasteiger partial charge on any atom is 0.270 e. The smallest absolute Gasteiger partial charge is 0.270 e. The molecule has 1 N–H and O–H groups in total. The molecule has 2 rings (SSSR count). The van der Waals surface area contributed by atoms with Crippen LogP contribution >= 0.6 is 0 Å². The second-order valence-electron chi connectivity index (χ2n) is 5.22. The maximum atomic E-state index is 10.7. The minimum Gasteiger partial charge on any atom is -0.379 e. The molecular weight excluding hydrogens is 230 g/mol. The summed E-state index contributed by atoms with van der Waals surface area (Å²) in [6.07, 6.45) is 2.38. The summed E-state index contributed by atoms with van der Waals surface area (Å²) in [7, 11) is 0. The van der Waals surface area contributed by atoms with E-state index in [1.165, 1.54) is 25.0 Å². The van der Waals surface area contributed by atoms with Gasteiger partial charge in [0.2, 0.25) is 0 Å². The first-order valence-corrected chi connectivity index (χ1v) is 5.91. The standard InChI is InChI=1S/C13H15N3O2/c1-13(2,10-3-4-10)15-12-6-5-11(16(17)18)7-9(12)8-14/h5-7,10,15H,3-4H2,1-2H3. The van der Waals surface area contributed by atoms with E-state index in [2.05, 4.69) is 19.2 Å². The predicted octanol–water partition coefficient (Wildman–Crippen LogP) is 3.07. The van der Waals surface area contributed by atoms with Gasteiger partial charge in [-0.05, 0) is 38.7 Å². The van der Waals surface area contributed by atoms with Crippen LogP contribution in [0.25, 0.3) is 0 Å². The third-order valence-corrected chi connectivity index (χ3v) is 3.39. The molecule has 18 heavy (non-hydrogen) atoms. The van der Waals surface area contributed by atoms with Crippen molar-refractivity contribution < 1.29 is 4.92 Å². The van der Waals surface area contributed by atoms with Gasteiger partial charge in [0, 0.05) is 17.7 Å². The van der Waals surface area contributed by atoms with E-state index < -0.39 is 4.92 Å². The van der Waals surface area contributed by atoms with E-state index in [0.29, 0.717) is 17.2 Å². The fourth-order valence-electron chi connectivity index (χ4n) is 2.10. The lowest BCUT2D eigenvalue weighted by Crippen LogP contribution is -2.33. The molecule has 94 valence electrons. The van der Waals surface area contributed by atoms with E-state index in [1.807, 2.05) is 6.07 Å². The predicted molar refractivity (Wildman–Crippen MR) is 68.2 cm³/mol. The number of nitro benzene ring substituents is 1. The Hall–Kier alpha value is -2.09. The van der Waals surface area contributed by atoms with Crippen LogP contribution in [0.3, 0.4) is 0 Å². The molecule has 0 bridgehead atoms. The average Bonchev–Trinajstić information content (AvgIpc) is 3.12. The number of nitrogens with zero attached hydrogens (tertiary/aromatic N) is 2. The molecule has 5 nitrogen and oxygen atoms in total. The number of benzene rings is 1. The summed E-state index contributed by atoms with van der Waals surface area (Å²) >= 11 is 0. The van der Waals surface area contributed by atoms with E-state index in [0.717, 1.165) is 0 Å². The van der Waals surface area contributed by atoms with Gasteiger partial charge in [-0.15, -0.1) is 0 Å². The quantitative estimate of drug-likeness (QED) is 0.653. The molecule has 1 aromatic carbocycles. The zero-order valence-electron chi connectivity index (χ0n) is 10.4. The van der Waals surface area contributed by atoms with Crippen molar-refractivity contribution in [3.8, 4) is 6.07 Å². The molecule has 0 unspecified atom stereocenters. The molecular formula is C13H15N3O2. The van der Waals surface area contributed by atoms with Crippen LogP contribution in [0, 0.1) is 27.4 Å². The second-order valence-corrected chi connectivity index (χ2v) is 5.22. The number of rotatable bonds is 4. The molecule has 0 spiro atoms. The van der Waals surface area contributed by atoms with Crippen LogP contribution in [0.1, 0.15) is 32.3 Å². The first-order valence-electron chi connectivity index (χ1n) is 5.91. The van der Waals surface area contributed by atoms with Crippen LogP contribution in [-0.2, 0) is 0 Å². The summed E-state index contributed by atoms with van der Waals surface area (Å²) in [5, 5.41) is 23.0. The molecule has 1 aromatic rings. The summed E-state index contributed by atoms with van der Waals surface area (Å²) in [5.41, 5.74) is 0.848. The van der Waals surface area contributed by atoms with Gasteiger partial charge in [0.05, 0.1) is 16.2 Å². The number of hydrogen-bond acceptors (Lipinski definition) is 4. The van der Waals surface area contributed by atoms with Crippen molar-refractivity contribution in [3.63, 3.8) is 0 Å². The lowest BCUT2D eigenvalue weighted by atomic mass is 9.97. The minimum atomic E-state index is -0.489. The van der Waals surface area contributed by atoms with Gasteiger partial charge in [0.1, 0.15) is 6.07 Å². The van der Waals surface area contributed by atoms with E-state index in [4.69, 9.17) is 5.26 Å². The number of non-ortho nitro benzene ring substituents is 1. The summed E-state index contributed by atoms with van der Waals surface area (Å²) in [6.45, 7) is 4.18. The van der Waals surface area contributed by atoms with Crippen molar-refractivity contribution in [3.05, 3.63) is 33.9 Å². The van der Waals surface area contributed by atoms with Gasteiger partial charge in [0.25, 0.3) is 5.69 Å². The van der Waals surface area contributed by atoms with Crippen LogP contribution < -0.4 is 5.32 Å². The Labute approximate surface area is 106 Å². The molecule has 1 fully saturated rings. The highest BCUT2D eigenvalue weighted by molar-refractivity contribution is 5.62. The Morgan fingerprint density at radius 1 is 1.50 bits per heavy atom. The Morgan fingerprint density at radius 2 is 2.17 bits per heavy atom. The molecule has 0 saturated heterocycles. The van der Waals surface area contributed by atoms with Gasteiger partial charge in [0.15, 0.2) is 0 Å². The molecule has 1 aliphatic rings. The molecule has 0 atom stereocenters. The van der Waals surface area contributed by atoms with Crippen molar-refractivity contribution >= 4 is 11.4 Å². The third kappa shape index (κ3) is 2.43. The maximum absolute atomic E-state index is 10.7. The monoisotopic (exact) mass is 245 g/mol. The van der Waals surface area contributed by atoms with Gasteiger partial charge >= 0.3 is 0 Å². The number of nitro groups is 1. The van der Waals surface area contributed by atoms with Crippen molar-refractivity contribution in [2.75, 3.05) is 5.32 Å². The second kappa shape index (κ2) is 4.30. The normalized spacial score (nSPS) is 14.9. The van der Waals surface area contributed by atoms with Crippen LogP contribution in [0.15, 0.2) is 18.2 Å². The highest BCUT2D eigenvalue weighted by atomic mass is 16.6. The van der Waals surface area contributed by atoms with Gasteiger partial charge in [-0.1, -0.05) is 0 Å². The van der Waals surface area contributed by atoms with E-state index in [-0.39, 0.29) is 11.2 Å². The first-order chi connectivity index (χ1) is 8.44. The highest BCUT2D eigenvalue weighted by Gasteiger charge is 2.38. The van der Waals surface area contributed by atoms with Gasteiger partial charge in [-0.25, -0.2) is 0 Å². The summed E-state index contributed by atoms with van der Waals surface area (Å²) in [4.78, 5) is 10.2. The topological polar surface area (TPSA) is 79.0 Å². The Balaban J connectivity index is 2.28. The van der Waals surface area contributed by atoms with Crippen LogP contribution in [0.4, 0.5) is 11.4 Å². The van der Waals surface area contributed by atoms with Crippen molar-refractivity contribution in [2.45, 2.75) is 32.2 Å². The van der Waals surface area contributed by atoms with Crippen molar-refractivity contribution in [2.24, 2.45) is 5.92 Å². The molecule has 1 saturated carbocycles. The Bertz CT molecular complexity index is 528. The fraction of sp³-hybridized carbons (Fsp3) is 0.462. The first kappa shape index (κ1) is 12.4. The molecule has 0 radical (unpaired) electrons. The Morgan fingerprint density at radius 3 is 2.67 bits per heavy atom. The SMILES string of the molecule is CC(C)(Nc1ccc([N+](=O)[O-])cc1C#N)C1CC1. The Kier molecular flexibility index (Phi) is 2.95. The molecule has 0 amide bonds. The van der Waals surface area contributed by atoms with Gasteiger partial charge in [-0.3, -0.25) is 10.1 Å². The summed E-state index contributed by atoms with van der Waals surface area (Å²) < 4.78 is 0. The molecule has 0 heterocycles. The molecule has 1 aliphatic carbocycles. The van der Waals surface area contributed by atoms with Crippen molar-refractivity contribution in [1.82, 2.24) is 0 Å². The molecule has 5 heteroatoms. The number of anilines is 1. The lowest BCUT2D eigenvalue weighted by Gasteiger charge is -2.28. The molecule has 0 aromatic heterocycles. The highest BCUT2D eigenvalue weighted by Crippen LogP contribution is 2.41. The minimum absolute atomic E-state index is 0.0543. The van der Waals surface area contributed by atoms with Crippen LogP contribution in [0.2, 0.25) is 0 Å². The van der Waals surface area contributed by atoms with E-state index in [9.17, 15) is 10.1 Å². The average molecular weight is 245 g/mol. The fourth-order valence-corrected chi connectivity index (χ4v) is 2.10. The van der Waals surface area contributed by atoms with E-state index in [1.54, 1.807) is 6.07 Å². The molecule has 0 aliphatic heterocycles. The third-order valence-electron chi connectivity index (χ3n) is 3.39. The number of hydrogen-bond donors (Lipinski definition) is 1. The number of nitrogens with one attached hydrogen (secondary N) is 1.